The van der Waals surface area contributed by atoms with E-state index < -0.39 is 6.10 Å². The fraction of sp³-hybridized carbons (Fsp3) is 0.300. The van der Waals surface area contributed by atoms with Gasteiger partial charge in [0, 0.05) is 12.0 Å². The lowest BCUT2D eigenvalue weighted by Crippen LogP contribution is -2.28. The molecule has 1 fully saturated rings. The molecule has 0 radical (unpaired) electrons. The second-order valence-electron chi connectivity index (χ2n) is 6.58. The molecule has 3 aromatic rings. The average molecular weight is 377 g/mol. The monoisotopic (exact) mass is 377 g/mol. The van der Waals surface area contributed by atoms with Crippen molar-refractivity contribution < 1.29 is 14.3 Å². The Morgan fingerprint density at radius 3 is 3.04 bits per heavy atom. The smallest absolute Gasteiger partial charge is 0.254 e. The molecule has 142 valence electrons. The summed E-state index contributed by atoms with van der Waals surface area (Å²) in [6.45, 7) is 2.53. The minimum atomic E-state index is -0.513. The van der Waals surface area contributed by atoms with Crippen molar-refractivity contribution in [1.82, 2.24) is 14.8 Å². The van der Waals surface area contributed by atoms with Gasteiger partial charge in [-0.05, 0) is 37.5 Å². The van der Waals surface area contributed by atoms with Gasteiger partial charge in [0.15, 0.2) is 11.6 Å². The van der Waals surface area contributed by atoms with Crippen LogP contribution in [-0.4, -0.2) is 40.5 Å². The van der Waals surface area contributed by atoms with Gasteiger partial charge in [0.25, 0.3) is 5.91 Å². The van der Waals surface area contributed by atoms with Gasteiger partial charge in [-0.2, -0.15) is 15.0 Å². The quantitative estimate of drug-likeness (QED) is 0.750. The van der Waals surface area contributed by atoms with Crippen molar-refractivity contribution in [1.29, 1.82) is 5.26 Å². The van der Waals surface area contributed by atoms with Gasteiger partial charge in [-0.3, -0.25) is 4.79 Å². The van der Waals surface area contributed by atoms with Gasteiger partial charge in [-0.1, -0.05) is 12.1 Å². The lowest BCUT2D eigenvalue weighted by Gasteiger charge is -2.14. The summed E-state index contributed by atoms with van der Waals surface area (Å²) in [5.41, 5.74) is 1.92. The van der Waals surface area contributed by atoms with Crippen LogP contribution in [0.15, 0.2) is 30.5 Å². The fourth-order valence-electron chi connectivity index (χ4n) is 3.35. The number of nitrogens with one attached hydrogen (secondary N) is 1. The van der Waals surface area contributed by atoms with E-state index in [4.69, 9.17) is 9.47 Å². The highest BCUT2D eigenvalue weighted by molar-refractivity contribution is 5.95. The first-order chi connectivity index (χ1) is 13.6. The second-order valence-corrected chi connectivity index (χ2v) is 6.58. The number of ether oxygens (including phenoxy) is 2. The molecule has 28 heavy (non-hydrogen) atoms. The Balaban J connectivity index is 1.80. The van der Waals surface area contributed by atoms with E-state index in [9.17, 15) is 10.1 Å². The standard InChI is InChI=1S/C20H19N5O3/c1-12-9-17(23-18-14(12)5-3-6-15(18)27-2)25-19(13(10-21)11-22-25)24-20(26)16-7-4-8-28-16/h3,5-6,9,11,16H,4,7-8H2,1-2H3,(H,24,26). The van der Waals surface area contributed by atoms with Crippen molar-refractivity contribution in [3.63, 3.8) is 0 Å². The molecule has 2 aromatic heterocycles. The van der Waals surface area contributed by atoms with Crippen LogP contribution in [0.5, 0.6) is 5.75 Å². The number of amides is 1. The van der Waals surface area contributed by atoms with E-state index in [1.807, 2.05) is 31.2 Å². The number of aryl methyl sites for hydroxylation is 1. The Bertz CT molecular complexity index is 1090. The van der Waals surface area contributed by atoms with Crippen LogP contribution >= 0.6 is 0 Å². The normalized spacial score (nSPS) is 16.1. The minimum absolute atomic E-state index is 0.255. The predicted octanol–water partition coefficient (Wildman–Crippen LogP) is 2.73. The summed E-state index contributed by atoms with van der Waals surface area (Å²) in [6, 6.07) is 9.63. The number of aromatic nitrogens is 3. The Kier molecular flexibility index (Phi) is 4.67. The molecule has 1 unspecified atom stereocenters. The molecule has 4 rings (SSSR count). The summed E-state index contributed by atoms with van der Waals surface area (Å²) in [4.78, 5) is 17.2. The maximum absolute atomic E-state index is 12.5. The predicted molar refractivity (Wildman–Crippen MR) is 102 cm³/mol. The lowest BCUT2D eigenvalue weighted by atomic mass is 10.1. The zero-order valence-electron chi connectivity index (χ0n) is 15.6. The maximum Gasteiger partial charge on any atom is 0.254 e. The van der Waals surface area contributed by atoms with E-state index >= 15 is 0 Å². The van der Waals surface area contributed by atoms with Gasteiger partial charge in [-0.25, -0.2) is 4.98 Å². The summed E-state index contributed by atoms with van der Waals surface area (Å²) in [5.74, 6) is 1.12. The number of nitriles is 1. The number of carbonyl (C=O) groups excluding carboxylic acids is 1. The number of benzene rings is 1. The highest BCUT2D eigenvalue weighted by Gasteiger charge is 2.26. The molecule has 3 heterocycles. The van der Waals surface area contributed by atoms with E-state index in [0.717, 1.165) is 17.4 Å². The molecule has 0 saturated carbocycles. The number of anilines is 1. The van der Waals surface area contributed by atoms with Crippen molar-refractivity contribution in [3.8, 4) is 17.6 Å². The van der Waals surface area contributed by atoms with E-state index in [1.54, 1.807) is 7.11 Å². The third-order valence-electron chi connectivity index (χ3n) is 4.79. The lowest BCUT2D eigenvalue weighted by molar-refractivity contribution is -0.124. The molecule has 1 saturated heterocycles. The van der Waals surface area contributed by atoms with Gasteiger partial charge < -0.3 is 14.8 Å². The first-order valence-electron chi connectivity index (χ1n) is 8.97. The van der Waals surface area contributed by atoms with Crippen molar-refractivity contribution in [2.24, 2.45) is 0 Å². The van der Waals surface area contributed by atoms with Gasteiger partial charge in [0.1, 0.15) is 29.0 Å². The zero-order valence-corrected chi connectivity index (χ0v) is 15.6. The maximum atomic E-state index is 12.5. The molecule has 8 heteroatoms. The molecule has 1 amide bonds. The molecule has 8 nitrogen and oxygen atoms in total. The van der Waals surface area contributed by atoms with Crippen molar-refractivity contribution in [2.75, 3.05) is 19.0 Å². The SMILES string of the molecule is COc1cccc2c(C)cc(-n3ncc(C#N)c3NC(=O)C3CCCO3)nc12. The van der Waals surface area contributed by atoms with Crippen LogP contribution in [0.4, 0.5) is 5.82 Å². The summed E-state index contributed by atoms with van der Waals surface area (Å²) in [7, 11) is 1.59. The number of para-hydroxylation sites is 1. The van der Waals surface area contributed by atoms with Gasteiger partial charge in [0.2, 0.25) is 0 Å². The van der Waals surface area contributed by atoms with E-state index in [-0.39, 0.29) is 17.3 Å². The zero-order chi connectivity index (χ0) is 19.7. The third-order valence-corrected chi connectivity index (χ3v) is 4.79. The minimum Gasteiger partial charge on any atom is -0.494 e. The number of fused-ring (bicyclic) bond motifs is 1. The summed E-state index contributed by atoms with van der Waals surface area (Å²) >= 11 is 0. The number of nitrogens with zero attached hydrogens (tertiary/aromatic N) is 4. The Morgan fingerprint density at radius 2 is 2.32 bits per heavy atom. The van der Waals surface area contributed by atoms with E-state index in [2.05, 4.69) is 21.5 Å². The summed E-state index contributed by atoms with van der Waals surface area (Å²) < 4.78 is 12.3. The largest absolute Gasteiger partial charge is 0.494 e. The van der Waals surface area contributed by atoms with Crippen LogP contribution in [0.2, 0.25) is 0 Å². The molecule has 1 atom stereocenters. The van der Waals surface area contributed by atoms with Crippen molar-refractivity contribution in [3.05, 3.63) is 41.6 Å². The first-order valence-corrected chi connectivity index (χ1v) is 8.97. The molecule has 1 aliphatic rings. The first kappa shape index (κ1) is 17.9. The Morgan fingerprint density at radius 1 is 1.46 bits per heavy atom. The molecule has 1 aromatic carbocycles. The van der Waals surface area contributed by atoms with Gasteiger partial charge in [0.05, 0.1) is 13.3 Å². The summed E-state index contributed by atoms with van der Waals surface area (Å²) in [5, 5.41) is 17.5. The van der Waals surface area contributed by atoms with Crippen LogP contribution in [0.25, 0.3) is 16.7 Å². The van der Waals surface area contributed by atoms with Crippen molar-refractivity contribution >= 4 is 22.6 Å². The highest BCUT2D eigenvalue weighted by Crippen LogP contribution is 2.29. The number of carbonyl (C=O) groups is 1. The number of hydrogen-bond donors (Lipinski definition) is 1. The Labute approximate surface area is 161 Å². The molecular weight excluding hydrogens is 358 g/mol. The molecule has 0 bridgehead atoms. The van der Waals surface area contributed by atoms with E-state index in [1.165, 1.54) is 10.9 Å². The van der Waals surface area contributed by atoms with E-state index in [0.29, 0.717) is 30.1 Å². The number of pyridine rings is 1. The van der Waals surface area contributed by atoms with Gasteiger partial charge in [-0.15, -0.1) is 0 Å². The van der Waals surface area contributed by atoms with Crippen molar-refractivity contribution in [2.45, 2.75) is 25.9 Å². The fourth-order valence-corrected chi connectivity index (χ4v) is 3.35. The number of rotatable bonds is 4. The number of hydrogen-bond acceptors (Lipinski definition) is 6. The molecule has 1 aliphatic heterocycles. The molecule has 1 N–H and O–H groups in total. The molecule has 0 spiro atoms. The third kappa shape index (κ3) is 3.06. The average Bonchev–Trinajstić information content (AvgIpc) is 3.37. The van der Waals surface area contributed by atoms with Crippen LogP contribution in [0.1, 0.15) is 24.0 Å². The summed E-state index contributed by atoms with van der Waals surface area (Å²) in [6.07, 6.45) is 2.40. The second kappa shape index (κ2) is 7.29. The topological polar surface area (TPSA) is 102 Å². The highest BCUT2D eigenvalue weighted by atomic mass is 16.5. The number of methoxy groups -OCH3 is 1. The van der Waals surface area contributed by atoms with Gasteiger partial charge >= 0.3 is 0 Å². The van der Waals surface area contributed by atoms with Crippen LogP contribution in [0, 0.1) is 18.3 Å². The molecular formula is C20H19N5O3. The van der Waals surface area contributed by atoms with Crippen LogP contribution < -0.4 is 10.1 Å². The van der Waals surface area contributed by atoms with Crippen LogP contribution in [-0.2, 0) is 9.53 Å². The molecule has 0 aliphatic carbocycles. The Hall–Kier alpha value is -3.44. The van der Waals surface area contributed by atoms with Crippen LogP contribution in [0.3, 0.4) is 0 Å².